The number of carbonyl (C=O) groups excluding carboxylic acids is 2. The average molecular weight is 407 g/mol. The van der Waals surface area contributed by atoms with Crippen LogP contribution in [0.4, 0.5) is 0 Å². The molecule has 2 fully saturated rings. The topological polar surface area (TPSA) is 58.6 Å². The number of methoxy groups -OCH3 is 1. The normalized spacial score (nSPS) is 18.6. The lowest BCUT2D eigenvalue weighted by molar-refractivity contribution is -0.123. The molecule has 158 valence electrons. The smallest absolute Gasteiger partial charge is 0.234 e. The lowest BCUT2D eigenvalue weighted by Crippen LogP contribution is -2.43. The Kier molecular flexibility index (Phi) is 6.48. The number of nitrogens with one attached hydrogen (secondary N) is 1. The number of Topliss-reactive ketones (excluding diaryl/α,β-unsaturated/α-hetero) is 1. The van der Waals surface area contributed by atoms with Crippen molar-refractivity contribution >= 4 is 11.7 Å². The second kappa shape index (κ2) is 9.43. The fraction of sp³-hybridized carbons (Fsp3) is 0.440. The number of hydrogen-bond acceptors (Lipinski definition) is 4. The van der Waals surface area contributed by atoms with E-state index < -0.39 is 0 Å². The SMILES string of the molecule is COc1ccc(C(NC(=O)CN2CCC(C(=O)c3ccccc3)CC2)C2CC2)cc1. The van der Waals surface area contributed by atoms with E-state index in [1.54, 1.807) is 7.11 Å². The molecule has 0 bridgehead atoms. The maximum Gasteiger partial charge on any atom is 0.234 e. The quantitative estimate of drug-likeness (QED) is 0.677. The summed E-state index contributed by atoms with van der Waals surface area (Å²) < 4.78 is 5.24. The van der Waals surface area contributed by atoms with Crippen molar-refractivity contribution in [2.24, 2.45) is 11.8 Å². The molecule has 4 rings (SSSR count). The molecule has 1 saturated heterocycles. The zero-order valence-electron chi connectivity index (χ0n) is 17.5. The molecule has 2 aliphatic rings. The van der Waals surface area contributed by atoms with Gasteiger partial charge in [0.25, 0.3) is 0 Å². The van der Waals surface area contributed by atoms with Gasteiger partial charge in [0.1, 0.15) is 5.75 Å². The van der Waals surface area contributed by atoms with Crippen molar-refractivity contribution < 1.29 is 14.3 Å². The van der Waals surface area contributed by atoms with E-state index in [1.807, 2.05) is 54.6 Å². The fourth-order valence-electron chi connectivity index (χ4n) is 4.33. The molecule has 1 heterocycles. The first-order chi connectivity index (χ1) is 14.6. The third kappa shape index (κ3) is 5.08. The van der Waals surface area contributed by atoms with Gasteiger partial charge in [-0.25, -0.2) is 0 Å². The van der Waals surface area contributed by atoms with Gasteiger partial charge >= 0.3 is 0 Å². The summed E-state index contributed by atoms with van der Waals surface area (Å²) in [6, 6.07) is 17.6. The van der Waals surface area contributed by atoms with Gasteiger partial charge in [-0.1, -0.05) is 42.5 Å². The number of ether oxygens (including phenoxy) is 1. The van der Waals surface area contributed by atoms with E-state index in [1.165, 1.54) is 0 Å². The first-order valence-electron chi connectivity index (χ1n) is 10.9. The Hall–Kier alpha value is -2.66. The van der Waals surface area contributed by atoms with E-state index >= 15 is 0 Å². The van der Waals surface area contributed by atoms with E-state index in [4.69, 9.17) is 4.74 Å². The number of rotatable bonds is 8. The summed E-state index contributed by atoms with van der Waals surface area (Å²) in [5, 5.41) is 3.25. The Bertz CT molecular complexity index is 854. The number of benzene rings is 2. The van der Waals surface area contributed by atoms with Crippen LogP contribution in [0.3, 0.4) is 0 Å². The predicted molar refractivity (Wildman–Crippen MR) is 117 cm³/mol. The first kappa shape index (κ1) is 20.6. The van der Waals surface area contributed by atoms with Crippen molar-refractivity contribution in [1.29, 1.82) is 0 Å². The van der Waals surface area contributed by atoms with Gasteiger partial charge in [0.2, 0.25) is 5.91 Å². The molecule has 2 aromatic rings. The Labute approximate surface area is 178 Å². The lowest BCUT2D eigenvalue weighted by Gasteiger charge is -2.31. The second-order valence-corrected chi connectivity index (χ2v) is 8.44. The molecule has 5 nitrogen and oxygen atoms in total. The summed E-state index contributed by atoms with van der Waals surface area (Å²) in [5.74, 6) is 1.71. The average Bonchev–Trinajstić information content (AvgIpc) is 3.63. The maximum absolute atomic E-state index is 12.7. The number of amides is 1. The number of likely N-dealkylation sites (tertiary alicyclic amines) is 1. The lowest BCUT2D eigenvalue weighted by atomic mass is 9.89. The highest BCUT2D eigenvalue weighted by molar-refractivity contribution is 5.97. The summed E-state index contributed by atoms with van der Waals surface area (Å²) in [5.41, 5.74) is 1.93. The van der Waals surface area contributed by atoms with Gasteiger partial charge in [-0.15, -0.1) is 0 Å². The van der Waals surface area contributed by atoms with Crippen LogP contribution < -0.4 is 10.1 Å². The van der Waals surface area contributed by atoms with Crippen molar-refractivity contribution in [3.8, 4) is 5.75 Å². The first-order valence-corrected chi connectivity index (χ1v) is 10.9. The third-order valence-electron chi connectivity index (χ3n) is 6.27. The standard InChI is InChI=1S/C25H30N2O3/c1-30-22-11-9-19(10-12-22)24(18-7-8-18)26-23(28)17-27-15-13-21(14-16-27)25(29)20-5-3-2-4-6-20/h2-6,9-12,18,21,24H,7-8,13-17H2,1H3,(H,26,28). The molecule has 5 heteroatoms. The summed E-state index contributed by atoms with van der Waals surface area (Å²) >= 11 is 0. The minimum atomic E-state index is 0.0604. The molecule has 1 N–H and O–H groups in total. The summed E-state index contributed by atoms with van der Waals surface area (Å²) in [4.78, 5) is 27.6. The van der Waals surface area contributed by atoms with Gasteiger partial charge in [-0.2, -0.15) is 0 Å². The van der Waals surface area contributed by atoms with E-state index in [-0.39, 0.29) is 23.7 Å². The molecule has 1 atom stereocenters. The highest BCUT2D eigenvalue weighted by Gasteiger charge is 2.34. The molecule has 0 aromatic heterocycles. The molecule has 1 unspecified atom stereocenters. The van der Waals surface area contributed by atoms with Crippen LogP contribution in [0.25, 0.3) is 0 Å². The molecule has 2 aromatic carbocycles. The van der Waals surface area contributed by atoms with Crippen LogP contribution >= 0.6 is 0 Å². The molecule has 1 amide bonds. The van der Waals surface area contributed by atoms with Gasteiger partial charge in [0.15, 0.2) is 5.78 Å². The van der Waals surface area contributed by atoms with Crippen molar-refractivity contribution in [1.82, 2.24) is 10.2 Å². The zero-order valence-corrected chi connectivity index (χ0v) is 17.5. The van der Waals surface area contributed by atoms with Gasteiger partial charge in [0.05, 0.1) is 19.7 Å². The van der Waals surface area contributed by atoms with Crippen LogP contribution in [0.15, 0.2) is 54.6 Å². The van der Waals surface area contributed by atoms with Crippen LogP contribution in [0.5, 0.6) is 5.75 Å². The highest BCUT2D eigenvalue weighted by Crippen LogP contribution is 2.41. The molecule has 0 spiro atoms. The molecule has 1 saturated carbocycles. The number of hydrogen-bond donors (Lipinski definition) is 1. The van der Waals surface area contributed by atoms with Gasteiger partial charge in [-0.05, 0) is 62.4 Å². The van der Waals surface area contributed by atoms with Crippen LogP contribution in [-0.2, 0) is 4.79 Å². The Balaban J connectivity index is 1.28. The van der Waals surface area contributed by atoms with E-state index in [0.29, 0.717) is 12.5 Å². The Morgan fingerprint density at radius 2 is 1.67 bits per heavy atom. The monoisotopic (exact) mass is 406 g/mol. The van der Waals surface area contributed by atoms with Crippen molar-refractivity contribution in [3.05, 3.63) is 65.7 Å². The van der Waals surface area contributed by atoms with Crippen LogP contribution in [0.1, 0.15) is 47.6 Å². The summed E-state index contributed by atoms with van der Waals surface area (Å²) in [7, 11) is 1.66. The number of piperidine rings is 1. The van der Waals surface area contributed by atoms with Gasteiger partial charge in [-0.3, -0.25) is 14.5 Å². The van der Waals surface area contributed by atoms with E-state index in [2.05, 4.69) is 10.2 Å². The van der Waals surface area contributed by atoms with Crippen LogP contribution in [0, 0.1) is 11.8 Å². The maximum atomic E-state index is 12.7. The second-order valence-electron chi connectivity index (χ2n) is 8.44. The number of carbonyl (C=O) groups is 2. The molecular weight excluding hydrogens is 376 g/mol. The largest absolute Gasteiger partial charge is 0.497 e. The fourth-order valence-corrected chi connectivity index (χ4v) is 4.33. The minimum Gasteiger partial charge on any atom is -0.497 e. The van der Waals surface area contributed by atoms with Crippen molar-refractivity contribution in [2.75, 3.05) is 26.7 Å². The predicted octanol–water partition coefficient (Wildman–Crippen LogP) is 3.86. The molecule has 30 heavy (non-hydrogen) atoms. The van der Waals surface area contributed by atoms with Gasteiger partial charge < -0.3 is 10.1 Å². The number of ketones is 1. The van der Waals surface area contributed by atoms with Crippen LogP contribution in [-0.4, -0.2) is 43.3 Å². The number of nitrogens with zero attached hydrogens (tertiary/aromatic N) is 1. The summed E-state index contributed by atoms with van der Waals surface area (Å²) in [6.07, 6.45) is 3.94. The van der Waals surface area contributed by atoms with E-state index in [9.17, 15) is 9.59 Å². The van der Waals surface area contributed by atoms with Crippen LogP contribution in [0.2, 0.25) is 0 Å². The molecule has 1 aliphatic heterocycles. The van der Waals surface area contributed by atoms with Gasteiger partial charge in [0, 0.05) is 11.5 Å². The molecule has 0 radical (unpaired) electrons. The Morgan fingerprint density at radius 3 is 2.27 bits per heavy atom. The minimum absolute atomic E-state index is 0.0604. The third-order valence-corrected chi connectivity index (χ3v) is 6.27. The van der Waals surface area contributed by atoms with Crippen molar-refractivity contribution in [3.63, 3.8) is 0 Å². The summed E-state index contributed by atoms with van der Waals surface area (Å²) in [6.45, 7) is 1.96. The van der Waals surface area contributed by atoms with Crippen molar-refractivity contribution in [2.45, 2.75) is 31.7 Å². The Morgan fingerprint density at radius 1 is 1.00 bits per heavy atom. The molecular formula is C25H30N2O3. The highest BCUT2D eigenvalue weighted by atomic mass is 16.5. The van der Waals surface area contributed by atoms with E-state index in [0.717, 1.165) is 55.6 Å². The zero-order chi connectivity index (χ0) is 20.9. The molecule has 1 aliphatic carbocycles.